The molecule has 2 atom stereocenters. The van der Waals surface area contributed by atoms with Gasteiger partial charge in [-0.05, 0) is 44.0 Å². The van der Waals surface area contributed by atoms with Crippen LogP contribution in [0, 0.1) is 5.92 Å². The molecule has 0 saturated carbocycles. The van der Waals surface area contributed by atoms with E-state index in [1.54, 1.807) is 31.2 Å². The van der Waals surface area contributed by atoms with Crippen molar-refractivity contribution in [3.05, 3.63) is 34.9 Å². The van der Waals surface area contributed by atoms with Crippen molar-refractivity contribution in [1.29, 1.82) is 0 Å². The van der Waals surface area contributed by atoms with E-state index in [9.17, 15) is 19.5 Å². The SMILES string of the molecule is CC(COCCCCCCC(NC(=O)c1ccc(Cl)cc1)C(=O)O)C(=O)O. The third-order valence-electron chi connectivity index (χ3n) is 4.03. The summed E-state index contributed by atoms with van der Waals surface area (Å²) in [6, 6.07) is 5.29. The van der Waals surface area contributed by atoms with E-state index in [4.69, 9.17) is 21.4 Å². The monoisotopic (exact) mass is 399 g/mol. The largest absolute Gasteiger partial charge is 0.481 e. The fourth-order valence-corrected chi connectivity index (χ4v) is 2.46. The molecule has 27 heavy (non-hydrogen) atoms. The van der Waals surface area contributed by atoms with Crippen LogP contribution in [0.2, 0.25) is 5.02 Å². The summed E-state index contributed by atoms with van der Waals surface area (Å²) in [7, 11) is 0. The van der Waals surface area contributed by atoms with Gasteiger partial charge in [-0.1, -0.05) is 30.9 Å². The number of hydrogen-bond donors (Lipinski definition) is 3. The molecule has 0 aliphatic carbocycles. The van der Waals surface area contributed by atoms with Crippen LogP contribution < -0.4 is 5.32 Å². The van der Waals surface area contributed by atoms with E-state index in [0.717, 1.165) is 19.3 Å². The molecule has 1 aromatic rings. The number of rotatable bonds is 13. The van der Waals surface area contributed by atoms with Gasteiger partial charge in [0.05, 0.1) is 12.5 Å². The fraction of sp³-hybridized carbons (Fsp3) is 0.526. The molecule has 8 heteroatoms. The number of nitrogens with one attached hydrogen (secondary N) is 1. The molecule has 0 fully saturated rings. The molecule has 0 aliphatic rings. The van der Waals surface area contributed by atoms with Gasteiger partial charge in [-0.15, -0.1) is 0 Å². The van der Waals surface area contributed by atoms with E-state index < -0.39 is 29.8 Å². The van der Waals surface area contributed by atoms with Crippen molar-refractivity contribution in [2.75, 3.05) is 13.2 Å². The van der Waals surface area contributed by atoms with Gasteiger partial charge >= 0.3 is 11.9 Å². The Labute approximate surface area is 163 Å². The van der Waals surface area contributed by atoms with Crippen LogP contribution in [-0.4, -0.2) is 47.3 Å². The van der Waals surface area contributed by atoms with E-state index in [2.05, 4.69) is 5.32 Å². The lowest BCUT2D eigenvalue weighted by Gasteiger charge is -2.14. The summed E-state index contributed by atoms with van der Waals surface area (Å²) in [5, 5.41) is 21.0. The zero-order valence-electron chi connectivity index (χ0n) is 15.3. The summed E-state index contributed by atoms with van der Waals surface area (Å²) in [6.07, 6.45) is 3.42. The first-order valence-corrected chi connectivity index (χ1v) is 9.29. The van der Waals surface area contributed by atoms with Crippen molar-refractivity contribution in [1.82, 2.24) is 5.32 Å². The van der Waals surface area contributed by atoms with Crippen LogP contribution in [0.1, 0.15) is 49.4 Å². The third kappa shape index (κ3) is 9.40. The molecule has 1 amide bonds. The number of hydrogen-bond acceptors (Lipinski definition) is 4. The molecule has 3 N–H and O–H groups in total. The first-order chi connectivity index (χ1) is 12.8. The second-order valence-electron chi connectivity index (χ2n) is 6.39. The summed E-state index contributed by atoms with van der Waals surface area (Å²) in [5.41, 5.74) is 0.360. The van der Waals surface area contributed by atoms with Gasteiger partial charge in [0.1, 0.15) is 6.04 Å². The molecule has 1 rings (SSSR count). The average molecular weight is 400 g/mol. The summed E-state index contributed by atoms with van der Waals surface area (Å²) in [4.78, 5) is 34.1. The Morgan fingerprint density at radius 1 is 1.04 bits per heavy atom. The van der Waals surface area contributed by atoms with Crippen molar-refractivity contribution in [3.8, 4) is 0 Å². The maximum absolute atomic E-state index is 12.1. The maximum atomic E-state index is 12.1. The van der Waals surface area contributed by atoms with Crippen LogP contribution in [0.25, 0.3) is 0 Å². The topological polar surface area (TPSA) is 113 Å². The van der Waals surface area contributed by atoms with Crippen LogP contribution in [0.3, 0.4) is 0 Å². The molecule has 150 valence electrons. The molecule has 0 aliphatic heterocycles. The number of carboxylic acids is 2. The molecule has 0 saturated heterocycles. The Balaban J connectivity index is 2.23. The molecule has 1 aromatic carbocycles. The van der Waals surface area contributed by atoms with Gasteiger partial charge in [0.15, 0.2) is 0 Å². The number of carboxylic acid groups (broad SMARTS) is 2. The standard InChI is InChI=1S/C19H26ClNO6/c1-13(18(23)24)12-27-11-5-3-2-4-6-16(19(25)26)21-17(22)14-7-9-15(20)10-8-14/h7-10,13,16H,2-6,11-12H2,1H3,(H,21,22)(H,23,24)(H,25,26). The smallest absolute Gasteiger partial charge is 0.326 e. The van der Waals surface area contributed by atoms with Gasteiger partial charge in [-0.25, -0.2) is 4.79 Å². The lowest BCUT2D eigenvalue weighted by atomic mass is 10.1. The highest BCUT2D eigenvalue weighted by Crippen LogP contribution is 2.11. The van der Waals surface area contributed by atoms with Crippen LogP contribution in [-0.2, 0) is 14.3 Å². The highest BCUT2D eigenvalue weighted by atomic mass is 35.5. The average Bonchev–Trinajstić information content (AvgIpc) is 2.62. The molecular formula is C19H26ClNO6. The summed E-state index contributed by atoms with van der Waals surface area (Å²) < 4.78 is 5.29. The molecule has 0 radical (unpaired) electrons. The minimum absolute atomic E-state index is 0.188. The van der Waals surface area contributed by atoms with Crippen LogP contribution >= 0.6 is 11.6 Å². The number of halogens is 1. The molecule has 2 unspecified atom stereocenters. The lowest BCUT2D eigenvalue weighted by Crippen LogP contribution is -2.40. The highest BCUT2D eigenvalue weighted by Gasteiger charge is 2.20. The maximum Gasteiger partial charge on any atom is 0.326 e. The van der Waals surface area contributed by atoms with Gasteiger partial charge in [0.2, 0.25) is 0 Å². The molecule has 0 heterocycles. The number of carbonyl (C=O) groups is 3. The molecule has 0 aromatic heterocycles. The number of carbonyl (C=O) groups excluding carboxylic acids is 1. The molecule has 0 spiro atoms. The highest BCUT2D eigenvalue weighted by molar-refractivity contribution is 6.30. The Bertz CT molecular complexity index is 619. The summed E-state index contributed by atoms with van der Waals surface area (Å²) in [6.45, 7) is 2.26. The van der Waals surface area contributed by atoms with Gasteiger partial charge in [0, 0.05) is 17.2 Å². The van der Waals surface area contributed by atoms with Gasteiger partial charge in [0.25, 0.3) is 5.91 Å². The van der Waals surface area contributed by atoms with Gasteiger partial charge < -0.3 is 20.3 Å². The van der Waals surface area contributed by atoms with Crippen molar-refractivity contribution in [3.63, 3.8) is 0 Å². The Hall–Kier alpha value is -2.12. The minimum Gasteiger partial charge on any atom is -0.481 e. The van der Waals surface area contributed by atoms with Crippen LogP contribution in [0.15, 0.2) is 24.3 Å². The quantitative estimate of drug-likeness (QED) is 0.439. The summed E-state index contributed by atoms with van der Waals surface area (Å²) >= 11 is 5.77. The van der Waals surface area contributed by atoms with Gasteiger partial charge in [-0.3, -0.25) is 9.59 Å². The van der Waals surface area contributed by atoms with Crippen molar-refractivity contribution >= 4 is 29.4 Å². The zero-order valence-corrected chi connectivity index (χ0v) is 16.1. The number of amides is 1. The Morgan fingerprint density at radius 2 is 1.67 bits per heavy atom. The Morgan fingerprint density at radius 3 is 2.26 bits per heavy atom. The number of aliphatic carboxylic acids is 2. The predicted octanol–water partition coefficient (Wildman–Crippen LogP) is 3.21. The first kappa shape index (κ1) is 22.9. The van der Waals surface area contributed by atoms with Crippen molar-refractivity contribution in [2.24, 2.45) is 5.92 Å². The first-order valence-electron chi connectivity index (χ1n) is 8.91. The normalized spacial score (nSPS) is 13.0. The van der Waals surface area contributed by atoms with Crippen LogP contribution in [0.5, 0.6) is 0 Å². The summed E-state index contributed by atoms with van der Waals surface area (Å²) in [5.74, 6) is -2.91. The van der Waals surface area contributed by atoms with E-state index in [1.807, 2.05) is 0 Å². The van der Waals surface area contributed by atoms with E-state index in [1.165, 1.54) is 0 Å². The zero-order chi connectivity index (χ0) is 20.2. The molecule has 0 bridgehead atoms. The van der Waals surface area contributed by atoms with Crippen molar-refractivity contribution in [2.45, 2.75) is 45.1 Å². The number of benzene rings is 1. The third-order valence-corrected chi connectivity index (χ3v) is 4.28. The lowest BCUT2D eigenvalue weighted by molar-refractivity contribution is -0.143. The fourth-order valence-electron chi connectivity index (χ4n) is 2.34. The minimum atomic E-state index is -1.07. The Kier molecular flexibility index (Phi) is 10.4. The predicted molar refractivity (Wildman–Crippen MR) is 101 cm³/mol. The van der Waals surface area contributed by atoms with E-state index in [0.29, 0.717) is 30.0 Å². The molecular weight excluding hydrogens is 374 g/mol. The van der Waals surface area contributed by atoms with Crippen molar-refractivity contribution < 1.29 is 29.3 Å². The molecule has 7 nitrogen and oxygen atoms in total. The van der Waals surface area contributed by atoms with E-state index >= 15 is 0 Å². The number of ether oxygens (including phenoxy) is 1. The van der Waals surface area contributed by atoms with Crippen LogP contribution in [0.4, 0.5) is 0 Å². The second kappa shape index (κ2) is 12.3. The van der Waals surface area contributed by atoms with E-state index in [-0.39, 0.29) is 6.61 Å². The number of unbranched alkanes of at least 4 members (excludes halogenated alkanes) is 3. The van der Waals surface area contributed by atoms with Gasteiger partial charge in [-0.2, -0.15) is 0 Å². The second-order valence-corrected chi connectivity index (χ2v) is 6.82.